The molecule has 1 aromatic rings. The van der Waals surface area contributed by atoms with Crippen LogP contribution in [0.3, 0.4) is 0 Å². The third-order valence-electron chi connectivity index (χ3n) is 3.69. The summed E-state index contributed by atoms with van der Waals surface area (Å²) >= 11 is 0. The first kappa shape index (κ1) is 23.0. The smallest absolute Gasteiger partial charge is 0.191 e. The number of rotatable bonds is 8. The number of phenolic OH excluding ortho intramolecular Hbond substituents is 1. The van der Waals surface area contributed by atoms with Gasteiger partial charge in [-0.25, -0.2) is 4.99 Å². The van der Waals surface area contributed by atoms with Crippen molar-refractivity contribution in [2.75, 3.05) is 19.6 Å². The molecule has 0 heterocycles. The second-order valence-electron chi connectivity index (χ2n) is 6.21. The lowest BCUT2D eigenvalue weighted by Crippen LogP contribution is -2.45. The van der Waals surface area contributed by atoms with Crippen molar-refractivity contribution < 1.29 is 5.11 Å². The lowest BCUT2D eigenvalue weighted by atomic mass is 10.2. The highest BCUT2D eigenvalue weighted by atomic mass is 127. The molecule has 24 heavy (non-hydrogen) atoms. The van der Waals surface area contributed by atoms with Crippen LogP contribution >= 0.6 is 24.0 Å². The predicted molar refractivity (Wildman–Crippen MR) is 113 cm³/mol. The molecule has 0 fully saturated rings. The quantitative estimate of drug-likeness (QED) is 0.325. The van der Waals surface area contributed by atoms with E-state index in [9.17, 15) is 5.11 Å². The highest BCUT2D eigenvalue weighted by Gasteiger charge is 2.12. The molecule has 0 saturated carbocycles. The van der Waals surface area contributed by atoms with Gasteiger partial charge in [-0.2, -0.15) is 0 Å². The molecule has 0 amide bonds. The molecule has 0 unspecified atom stereocenters. The first-order chi connectivity index (χ1) is 10.9. The van der Waals surface area contributed by atoms with Crippen LogP contribution in [0, 0.1) is 0 Å². The van der Waals surface area contributed by atoms with Gasteiger partial charge in [0.25, 0.3) is 0 Å². The van der Waals surface area contributed by atoms with E-state index in [1.807, 2.05) is 12.1 Å². The van der Waals surface area contributed by atoms with Gasteiger partial charge in [0.05, 0.1) is 6.54 Å². The maximum absolute atomic E-state index is 9.31. The number of guanidine groups is 1. The second kappa shape index (κ2) is 12.4. The monoisotopic (exact) mass is 448 g/mol. The molecule has 3 N–H and O–H groups in total. The number of aliphatic imine (C=N–C) groups is 1. The molecular formula is C18H33IN4O. The van der Waals surface area contributed by atoms with Crippen LogP contribution in [0.1, 0.15) is 40.2 Å². The van der Waals surface area contributed by atoms with Crippen LogP contribution in [0.4, 0.5) is 0 Å². The Morgan fingerprint density at radius 3 is 2.17 bits per heavy atom. The molecular weight excluding hydrogens is 415 g/mol. The average Bonchev–Trinajstić information content (AvgIpc) is 2.49. The Hall–Kier alpha value is -1.02. The summed E-state index contributed by atoms with van der Waals surface area (Å²) in [6.07, 6.45) is 0. The van der Waals surface area contributed by atoms with Crippen molar-refractivity contribution in [2.24, 2.45) is 4.99 Å². The zero-order valence-corrected chi connectivity index (χ0v) is 17.9. The largest absolute Gasteiger partial charge is 0.508 e. The minimum Gasteiger partial charge on any atom is -0.508 e. The molecule has 0 aliphatic rings. The average molecular weight is 448 g/mol. The molecule has 0 aromatic heterocycles. The third-order valence-corrected chi connectivity index (χ3v) is 3.69. The van der Waals surface area contributed by atoms with Gasteiger partial charge in [-0.15, -0.1) is 24.0 Å². The van der Waals surface area contributed by atoms with Crippen LogP contribution in [0.25, 0.3) is 0 Å². The van der Waals surface area contributed by atoms with Crippen molar-refractivity contribution in [2.45, 2.75) is 53.2 Å². The van der Waals surface area contributed by atoms with Gasteiger partial charge in [0, 0.05) is 31.7 Å². The van der Waals surface area contributed by atoms with E-state index in [0.29, 0.717) is 18.6 Å². The van der Waals surface area contributed by atoms with Gasteiger partial charge in [-0.3, -0.25) is 4.90 Å². The maximum Gasteiger partial charge on any atom is 0.191 e. The lowest BCUT2D eigenvalue weighted by Gasteiger charge is -2.30. The van der Waals surface area contributed by atoms with E-state index < -0.39 is 0 Å². The molecule has 6 heteroatoms. The summed E-state index contributed by atoms with van der Waals surface area (Å²) in [4.78, 5) is 7.05. The van der Waals surface area contributed by atoms with E-state index in [-0.39, 0.29) is 29.7 Å². The summed E-state index contributed by atoms with van der Waals surface area (Å²) in [6.45, 7) is 14.2. The van der Waals surface area contributed by atoms with Crippen molar-refractivity contribution in [3.63, 3.8) is 0 Å². The van der Waals surface area contributed by atoms with Crippen LogP contribution in [-0.2, 0) is 6.54 Å². The fraction of sp³-hybridized carbons (Fsp3) is 0.611. The van der Waals surface area contributed by atoms with Gasteiger partial charge in [0.15, 0.2) is 5.96 Å². The number of halogens is 1. The van der Waals surface area contributed by atoms with Crippen molar-refractivity contribution in [3.8, 4) is 5.75 Å². The first-order valence-corrected chi connectivity index (χ1v) is 8.49. The minimum absolute atomic E-state index is 0. The fourth-order valence-electron chi connectivity index (χ4n) is 2.53. The molecule has 0 aliphatic carbocycles. The van der Waals surface area contributed by atoms with Crippen molar-refractivity contribution >= 4 is 29.9 Å². The van der Waals surface area contributed by atoms with Crippen LogP contribution in [0.5, 0.6) is 5.75 Å². The molecule has 1 rings (SSSR count). The molecule has 0 aliphatic heterocycles. The van der Waals surface area contributed by atoms with Crippen molar-refractivity contribution in [1.29, 1.82) is 0 Å². The van der Waals surface area contributed by atoms with Crippen molar-refractivity contribution in [1.82, 2.24) is 15.5 Å². The number of nitrogens with zero attached hydrogens (tertiary/aromatic N) is 2. The summed E-state index contributed by atoms with van der Waals surface area (Å²) in [5.41, 5.74) is 1.07. The zero-order valence-electron chi connectivity index (χ0n) is 15.5. The first-order valence-electron chi connectivity index (χ1n) is 8.49. The normalized spacial score (nSPS) is 11.8. The molecule has 0 spiro atoms. The van der Waals surface area contributed by atoms with E-state index in [4.69, 9.17) is 0 Å². The standard InChI is InChI=1S/C18H32N4O.HI/c1-6-19-18(20-11-12-22(14(2)3)15(4)5)21-13-16-7-9-17(23)10-8-16;/h7-10,14-15,23H,6,11-13H2,1-5H3,(H2,19,20,21);1H. The summed E-state index contributed by atoms with van der Waals surface area (Å²) < 4.78 is 0. The Morgan fingerprint density at radius 2 is 1.67 bits per heavy atom. The number of nitrogens with one attached hydrogen (secondary N) is 2. The summed E-state index contributed by atoms with van der Waals surface area (Å²) in [5.74, 6) is 1.11. The van der Waals surface area contributed by atoms with E-state index in [1.165, 1.54) is 0 Å². The topological polar surface area (TPSA) is 59.9 Å². The summed E-state index contributed by atoms with van der Waals surface area (Å²) in [7, 11) is 0. The molecule has 0 atom stereocenters. The van der Waals surface area contributed by atoms with Gasteiger partial charge >= 0.3 is 0 Å². The van der Waals surface area contributed by atoms with E-state index >= 15 is 0 Å². The molecule has 5 nitrogen and oxygen atoms in total. The second-order valence-corrected chi connectivity index (χ2v) is 6.21. The number of aromatic hydroxyl groups is 1. The van der Waals surface area contributed by atoms with E-state index in [1.54, 1.807) is 12.1 Å². The Labute approximate surface area is 164 Å². The molecule has 0 radical (unpaired) electrons. The molecule has 138 valence electrons. The SMILES string of the molecule is CCNC(=NCc1ccc(O)cc1)NCCN(C(C)C)C(C)C.I. The molecule has 0 saturated heterocycles. The lowest BCUT2D eigenvalue weighted by molar-refractivity contribution is 0.178. The summed E-state index contributed by atoms with van der Waals surface area (Å²) in [5, 5.41) is 16.0. The Balaban J connectivity index is 0.00000529. The number of hydrogen-bond donors (Lipinski definition) is 3. The van der Waals surface area contributed by atoms with Gasteiger partial charge in [-0.1, -0.05) is 12.1 Å². The van der Waals surface area contributed by atoms with E-state index in [2.05, 4.69) is 55.1 Å². The van der Waals surface area contributed by atoms with E-state index in [0.717, 1.165) is 31.2 Å². The maximum atomic E-state index is 9.31. The van der Waals surface area contributed by atoms with Gasteiger partial charge < -0.3 is 15.7 Å². The van der Waals surface area contributed by atoms with Gasteiger partial charge in [-0.05, 0) is 52.3 Å². The van der Waals surface area contributed by atoms with Crippen LogP contribution in [0.2, 0.25) is 0 Å². The predicted octanol–water partition coefficient (Wildman–Crippen LogP) is 3.18. The Bertz CT molecular complexity index is 466. The highest BCUT2D eigenvalue weighted by molar-refractivity contribution is 14.0. The Kier molecular flexibility index (Phi) is 11.8. The third kappa shape index (κ3) is 8.73. The zero-order chi connectivity index (χ0) is 17.2. The number of phenols is 1. The van der Waals surface area contributed by atoms with Gasteiger partial charge in [0.1, 0.15) is 5.75 Å². The van der Waals surface area contributed by atoms with Gasteiger partial charge in [0.2, 0.25) is 0 Å². The van der Waals surface area contributed by atoms with Crippen LogP contribution < -0.4 is 10.6 Å². The minimum atomic E-state index is 0. The van der Waals surface area contributed by atoms with Crippen LogP contribution in [-0.4, -0.2) is 47.7 Å². The molecule has 0 bridgehead atoms. The summed E-state index contributed by atoms with van der Waals surface area (Å²) in [6, 6.07) is 8.23. The number of benzene rings is 1. The van der Waals surface area contributed by atoms with Crippen LogP contribution in [0.15, 0.2) is 29.3 Å². The number of hydrogen-bond acceptors (Lipinski definition) is 3. The molecule has 1 aromatic carbocycles. The van der Waals surface area contributed by atoms with Crippen molar-refractivity contribution in [3.05, 3.63) is 29.8 Å². The fourth-order valence-corrected chi connectivity index (χ4v) is 2.53. The highest BCUT2D eigenvalue weighted by Crippen LogP contribution is 2.10. The Morgan fingerprint density at radius 1 is 1.08 bits per heavy atom.